The third kappa shape index (κ3) is 1.80. The minimum Gasteiger partial charge on any atom is -0.351 e. The molecule has 2 heterocycles. The van der Waals surface area contributed by atoms with Crippen molar-refractivity contribution in [1.29, 1.82) is 0 Å². The highest BCUT2D eigenvalue weighted by Gasteiger charge is 2.33. The zero-order valence-electron chi connectivity index (χ0n) is 10.8. The van der Waals surface area contributed by atoms with Crippen molar-refractivity contribution >= 4 is 17.8 Å². The summed E-state index contributed by atoms with van der Waals surface area (Å²) in [6.07, 6.45) is 0. The van der Waals surface area contributed by atoms with Gasteiger partial charge in [-0.25, -0.2) is 9.48 Å². The highest BCUT2D eigenvalue weighted by atomic mass is 16.2. The average Bonchev–Trinajstić information content (AvgIpc) is 2.90. The number of hydrogen-bond acceptors (Lipinski definition) is 3. The van der Waals surface area contributed by atoms with E-state index in [9.17, 15) is 9.59 Å². The molecular formula is C13H13N5O2. The molecule has 3 amide bonds. The maximum absolute atomic E-state index is 12.0. The summed E-state index contributed by atoms with van der Waals surface area (Å²) in [6.45, 7) is 0.399. The van der Waals surface area contributed by atoms with E-state index in [1.54, 1.807) is 11.9 Å². The first-order valence-electron chi connectivity index (χ1n) is 6.07. The zero-order valence-corrected chi connectivity index (χ0v) is 10.8. The third-order valence-corrected chi connectivity index (χ3v) is 3.17. The van der Waals surface area contributed by atoms with Gasteiger partial charge in [0.1, 0.15) is 5.82 Å². The number of fused-ring (bicyclic) bond motifs is 1. The van der Waals surface area contributed by atoms with E-state index >= 15 is 0 Å². The number of carbonyl (C=O) groups is 2. The van der Waals surface area contributed by atoms with Gasteiger partial charge >= 0.3 is 6.03 Å². The van der Waals surface area contributed by atoms with Gasteiger partial charge in [-0.2, -0.15) is 5.10 Å². The van der Waals surface area contributed by atoms with Crippen LogP contribution in [0, 0.1) is 0 Å². The molecular weight excluding hydrogens is 258 g/mol. The molecule has 1 aromatic heterocycles. The zero-order chi connectivity index (χ0) is 14.3. The first kappa shape index (κ1) is 12.2. The molecule has 102 valence electrons. The Morgan fingerprint density at radius 1 is 1.35 bits per heavy atom. The van der Waals surface area contributed by atoms with Crippen molar-refractivity contribution in [1.82, 2.24) is 14.7 Å². The summed E-state index contributed by atoms with van der Waals surface area (Å²) in [4.78, 5) is 24.7. The minimum atomic E-state index is -0.688. The Balaban J connectivity index is 2.16. The van der Waals surface area contributed by atoms with E-state index in [0.717, 1.165) is 5.69 Å². The van der Waals surface area contributed by atoms with Gasteiger partial charge in [-0.15, -0.1) is 0 Å². The number of carbonyl (C=O) groups excluding carboxylic acids is 2. The second kappa shape index (κ2) is 4.37. The Kier molecular flexibility index (Phi) is 2.67. The highest BCUT2D eigenvalue weighted by molar-refractivity contribution is 6.00. The number of urea groups is 1. The lowest BCUT2D eigenvalue weighted by Gasteiger charge is -2.12. The van der Waals surface area contributed by atoms with Crippen LogP contribution in [-0.4, -0.2) is 33.7 Å². The molecule has 7 heteroatoms. The standard InChI is InChI=1S/C13H13N5O2/c1-17-7-9-10(12(17)19)16-18(11(9)15-13(14)20)8-5-3-2-4-6-8/h2-6H,7H2,1H3,(H3,14,15,20). The number of nitrogens with one attached hydrogen (secondary N) is 1. The fourth-order valence-electron chi connectivity index (χ4n) is 2.26. The molecule has 0 saturated heterocycles. The molecule has 0 aliphatic carbocycles. The van der Waals surface area contributed by atoms with E-state index in [1.165, 1.54) is 4.68 Å². The van der Waals surface area contributed by atoms with Crippen LogP contribution in [-0.2, 0) is 6.54 Å². The van der Waals surface area contributed by atoms with Crippen LogP contribution in [0.4, 0.5) is 10.6 Å². The van der Waals surface area contributed by atoms with E-state index < -0.39 is 6.03 Å². The first-order valence-corrected chi connectivity index (χ1v) is 6.07. The summed E-state index contributed by atoms with van der Waals surface area (Å²) in [5.74, 6) is 0.276. The number of amides is 3. The van der Waals surface area contributed by atoms with Gasteiger partial charge in [0.15, 0.2) is 5.69 Å². The molecule has 0 radical (unpaired) electrons. The molecule has 0 atom stereocenters. The van der Waals surface area contributed by atoms with Crippen molar-refractivity contribution in [3.63, 3.8) is 0 Å². The van der Waals surface area contributed by atoms with Crippen LogP contribution in [0.2, 0.25) is 0 Å². The number of hydrogen-bond donors (Lipinski definition) is 2. The Labute approximate surface area is 115 Å². The molecule has 1 aliphatic rings. The topological polar surface area (TPSA) is 93.2 Å². The van der Waals surface area contributed by atoms with Crippen LogP contribution in [0.5, 0.6) is 0 Å². The van der Waals surface area contributed by atoms with Gasteiger partial charge in [0, 0.05) is 12.6 Å². The summed E-state index contributed by atoms with van der Waals surface area (Å²) in [5.41, 5.74) is 6.98. The number of primary amides is 1. The predicted molar refractivity (Wildman–Crippen MR) is 72.6 cm³/mol. The van der Waals surface area contributed by atoms with E-state index in [4.69, 9.17) is 5.73 Å². The van der Waals surface area contributed by atoms with Crippen molar-refractivity contribution in [2.24, 2.45) is 5.73 Å². The van der Waals surface area contributed by atoms with Crippen molar-refractivity contribution < 1.29 is 9.59 Å². The predicted octanol–water partition coefficient (Wildman–Crippen LogP) is 0.948. The summed E-state index contributed by atoms with van der Waals surface area (Å²) in [7, 11) is 1.69. The summed E-state index contributed by atoms with van der Waals surface area (Å²) in [5, 5.41) is 6.85. The van der Waals surface area contributed by atoms with E-state index in [2.05, 4.69) is 10.4 Å². The number of anilines is 1. The minimum absolute atomic E-state index is 0.165. The smallest absolute Gasteiger partial charge is 0.317 e. The largest absolute Gasteiger partial charge is 0.351 e. The van der Waals surface area contributed by atoms with Gasteiger partial charge in [0.2, 0.25) is 0 Å². The van der Waals surface area contributed by atoms with E-state index in [-0.39, 0.29) is 5.91 Å². The lowest BCUT2D eigenvalue weighted by atomic mass is 10.2. The Bertz CT molecular complexity index is 692. The van der Waals surface area contributed by atoms with Gasteiger partial charge in [0.25, 0.3) is 5.91 Å². The fourth-order valence-corrected chi connectivity index (χ4v) is 2.26. The number of para-hydroxylation sites is 1. The normalized spacial score (nSPS) is 13.4. The maximum Gasteiger partial charge on any atom is 0.317 e. The van der Waals surface area contributed by atoms with Gasteiger partial charge in [-0.1, -0.05) is 18.2 Å². The molecule has 0 fully saturated rings. The first-order chi connectivity index (χ1) is 9.58. The number of aromatic nitrogens is 2. The lowest BCUT2D eigenvalue weighted by Crippen LogP contribution is -2.24. The third-order valence-electron chi connectivity index (χ3n) is 3.17. The molecule has 7 nitrogen and oxygen atoms in total. The highest BCUT2D eigenvalue weighted by Crippen LogP contribution is 2.30. The molecule has 20 heavy (non-hydrogen) atoms. The van der Waals surface area contributed by atoms with Crippen LogP contribution in [0.3, 0.4) is 0 Å². The van der Waals surface area contributed by atoms with Gasteiger partial charge in [-0.05, 0) is 12.1 Å². The van der Waals surface area contributed by atoms with Crippen LogP contribution < -0.4 is 11.1 Å². The SMILES string of the molecule is CN1Cc2c(nn(-c3ccccc3)c2NC(N)=O)C1=O. The number of rotatable bonds is 2. The van der Waals surface area contributed by atoms with E-state index in [0.29, 0.717) is 23.6 Å². The van der Waals surface area contributed by atoms with Crippen LogP contribution in [0.15, 0.2) is 30.3 Å². The Morgan fingerprint density at radius 3 is 2.70 bits per heavy atom. The van der Waals surface area contributed by atoms with E-state index in [1.807, 2.05) is 30.3 Å². The molecule has 3 rings (SSSR count). The molecule has 1 aromatic carbocycles. The quantitative estimate of drug-likeness (QED) is 0.851. The molecule has 0 bridgehead atoms. The second-order valence-electron chi connectivity index (χ2n) is 4.57. The van der Waals surface area contributed by atoms with Gasteiger partial charge < -0.3 is 10.6 Å². The summed E-state index contributed by atoms with van der Waals surface area (Å²) >= 11 is 0. The molecule has 0 saturated carbocycles. The second-order valence-corrected chi connectivity index (χ2v) is 4.57. The maximum atomic E-state index is 12.0. The summed E-state index contributed by atoms with van der Waals surface area (Å²) < 4.78 is 1.53. The Morgan fingerprint density at radius 2 is 2.05 bits per heavy atom. The van der Waals surface area contributed by atoms with Crippen molar-refractivity contribution in [3.8, 4) is 5.69 Å². The van der Waals surface area contributed by atoms with Crippen LogP contribution in [0.25, 0.3) is 5.69 Å². The average molecular weight is 271 g/mol. The molecule has 3 N–H and O–H groups in total. The van der Waals surface area contributed by atoms with Gasteiger partial charge in [0.05, 0.1) is 12.2 Å². The number of benzene rings is 1. The van der Waals surface area contributed by atoms with Crippen molar-refractivity contribution in [2.75, 3.05) is 12.4 Å². The molecule has 2 aromatic rings. The Hall–Kier alpha value is -2.83. The van der Waals surface area contributed by atoms with Gasteiger partial charge in [-0.3, -0.25) is 10.1 Å². The number of nitrogens with two attached hydrogens (primary N) is 1. The molecule has 0 spiro atoms. The monoisotopic (exact) mass is 271 g/mol. The molecule has 1 aliphatic heterocycles. The fraction of sp³-hybridized carbons (Fsp3) is 0.154. The van der Waals surface area contributed by atoms with Crippen molar-refractivity contribution in [2.45, 2.75) is 6.54 Å². The molecule has 0 unspecified atom stereocenters. The number of nitrogens with zero attached hydrogens (tertiary/aromatic N) is 3. The van der Waals surface area contributed by atoms with Crippen LogP contribution >= 0.6 is 0 Å². The van der Waals surface area contributed by atoms with Crippen LogP contribution in [0.1, 0.15) is 16.1 Å². The lowest BCUT2D eigenvalue weighted by molar-refractivity contribution is 0.0810. The van der Waals surface area contributed by atoms with Crippen molar-refractivity contribution in [3.05, 3.63) is 41.6 Å². The summed E-state index contributed by atoms with van der Waals surface area (Å²) in [6, 6.07) is 8.56.